The molecule has 1 aromatic carbocycles. The molecule has 0 aliphatic heterocycles. The van der Waals surface area contributed by atoms with Crippen molar-refractivity contribution in [2.75, 3.05) is 18.9 Å². The van der Waals surface area contributed by atoms with Gasteiger partial charge < -0.3 is 16.0 Å². The maximum atomic E-state index is 12.6. The Labute approximate surface area is 121 Å². The highest BCUT2D eigenvalue weighted by Crippen LogP contribution is 2.31. The first-order valence-corrected chi connectivity index (χ1v) is 6.70. The summed E-state index contributed by atoms with van der Waals surface area (Å²) in [6.45, 7) is 0.554. The molecule has 0 bridgehead atoms. The predicted octanol–water partition coefficient (Wildman–Crippen LogP) is 2.91. The number of rotatable bonds is 3. The molecule has 0 aromatic heterocycles. The van der Waals surface area contributed by atoms with Gasteiger partial charge in [0.1, 0.15) is 0 Å². The van der Waals surface area contributed by atoms with Crippen LogP contribution in [0.3, 0.4) is 0 Å². The molecule has 0 spiro atoms. The van der Waals surface area contributed by atoms with E-state index < -0.39 is 17.8 Å². The van der Waals surface area contributed by atoms with Gasteiger partial charge in [0, 0.05) is 25.3 Å². The van der Waals surface area contributed by atoms with E-state index in [0.29, 0.717) is 12.5 Å². The molecule has 0 heterocycles. The zero-order valence-electron chi connectivity index (χ0n) is 11.7. The topological polar surface area (TPSA) is 58.4 Å². The van der Waals surface area contributed by atoms with Gasteiger partial charge in [-0.3, -0.25) is 0 Å². The minimum Gasteiger partial charge on any atom is -0.328 e. The first kappa shape index (κ1) is 15.6. The number of anilines is 1. The normalized spacial score (nSPS) is 21.6. The summed E-state index contributed by atoms with van der Waals surface area (Å²) in [6, 6.07) is 4.37. The number of halogens is 3. The van der Waals surface area contributed by atoms with Crippen LogP contribution in [0, 0.1) is 5.92 Å². The summed E-state index contributed by atoms with van der Waals surface area (Å²) in [5, 5.41) is 2.47. The van der Waals surface area contributed by atoms with Crippen LogP contribution >= 0.6 is 0 Å². The lowest BCUT2D eigenvalue weighted by molar-refractivity contribution is -0.137. The van der Waals surface area contributed by atoms with E-state index in [9.17, 15) is 18.0 Å². The molecular weight excluding hydrogens is 283 g/mol. The second kappa shape index (κ2) is 5.93. The van der Waals surface area contributed by atoms with E-state index in [0.717, 1.165) is 25.0 Å². The lowest BCUT2D eigenvalue weighted by Crippen LogP contribution is -2.44. The predicted molar refractivity (Wildman–Crippen MR) is 73.8 cm³/mol. The molecule has 116 valence electrons. The molecule has 4 nitrogen and oxygen atoms in total. The molecule has 1 aliphatic carbocycles. The lowest BCUT2D eigenvalue weighted by atomic mass is 9.81. The molecule has 1 aromatic rings. The highest BCUT2D eigenvalue weighted by atomic mass is 19.4. The van der Waals surface area contributed by atoms with Gasteiger partial charge in [-0.1, -0.05) is 6.07 Å². The minimum absolute atomic E-state index is 0.131. The van der Waals surface area contributed by atoms with E-state index >= 15 is 0 Å². The average molecular weight is 301 g/mol. The summed E-state index contributed by atoms with van der Waals surface area (Å²) in [4.78, 5) is 13.4. The zero-order chi connectivity index (χ0) is 15.6. The van der Waals surface area contributed by atoms with Crippen LogP contribution in [-0.2, 0) is 6.18 Å². The quantitative estimate of drug-likeness (QED) is 0.902. The number of hydrogen-bond donors (Lipinski definition) is 2. The fraction of sp³-hybridized carbons (Fsp3) is 0.500. The molecule has 0 unspecified atom stereocenters. The Bertz CT molecular complexity index is 512. The van der Waals surface area contributed by atoms with Crippen molar-refractivity contribution in [2.24, 2.45) is 11.7 Å². The van der Waals surface area contributed by atoms with Gasteiger partial charge in [0.05, 0.1) is 5.56 Å². The third-order valence-electron chi connectivity index (χ3n) is 3.59. The number of amides is 2. The van der Waals surface area contributed by atoms with Gasteiger partial charge >= 0.3 is 12.2 Å². The van der Waals surface area contributed by atoms with Gasteiger partial charge in [-0.2, -0.15) is 13.2 Å². The zero-order valence-corrected chi connectivity index (χ0v) is 11.7. The van der Waals surface area contributed by atoms with Crippen LogP contribution in [0.4, 0.5) is 23.7 Å². The molecule has 0 radical (unpaired) electrons. The smallest absolute Gasteiger partial charge is 0.328 e. The maximum Gasteiger partial charge on any atom is 0.416 e. The van der Waals surface area contributed by atoms with Crippen LogP contribution in [0.2, 0.25) is 0 Å². The van der Waals surface area contributed by atoms with Crippen molar-refractivity contribution in [3.8, 4) is 0 Å². The first-order chi connectivity index (χ1) is 9.75. The largest absolute Gasteiger partial charge is 0.416 e. The van der Waals surface area contributed by atoms with Gasteiger partial charge in [0.25, 0.3) is 0 Å². The van der Waals surface area contributed by atoms with E-state index in [1.807, 2.05) is 0 Å². The summed E-state index contributed by atoms with van der Waals surface area (Å²) in [6.07, 6.45) is -2.67. The highest BCUT2D eigenvalue weighted by molar-refractivity contribution is 5.89. The van der Waals surface area contributed by atoms with E-state index in [2.05, 4.69) is 5.32 Å². The molecule has 1 fully saturated rings. The SMILES string of the molecule is CN(CC1CC(N)C1)C(=O)Nc1cccc(C(F)(F)F)c1. The van der Waals surface area contributed by atoms with Crippen molar-refractivity contribution in [3.05, 3.63) is 29.8 Å². The van der Waals surface area contributed by atoms with Crippen molar-refractivity contribution in [3.63, 3.8) is 0 Å². The third kappa shape index (κ3) is 4.10. The number of nitrogens with two attached hydrogens (primary N) is 1. The Morgan fingerprint density at radius 3 is 2.67 bits per heavy atom. The van der Waals surface area contributed by atoms with Crippen LogP contribution in [0.25, 0.3) is 0 Å². The van der Waals surface area contributed by atoms with Crippen molar-refractivity contribution < 1.29 is 18.0 Å². The number of carbonyl (C=O) groups excluding carboxylic acids is 1. The van der Waals surface area contributed by atoms with E-state index in [1.54, 1.807) is 7.05 Å². The molecule has 3 N–H and O–H groups in total. The molecule has 7 heteroatoms. The molecule has 1 saturated carbocycles. The van der Waals surface area contributed by atoms with Crippen LogP contribution in [0.1, 0.15) is 18.4 Å². The van der Waals surface area contributed by atoms with Gasteiger partial charge in [-0.05, 0) is 37.0 Å². The van der Waals surface area contributed by atoms with Crippen LogP contribution < -0.4 is 11.1 Å². The van der Waals surface area contributed by atoms with Crippen molar-refractivity contribution in [1.29, 1.82) is 0 Å². The van der Waals surface area contributed by atoms with Gasteiger partial charge in [-0.15, -0.1) is 0 Å². The summed E-state index contributed by atoms with van der Waals surface area (Å²) < 4.78 is 37.8. The molecule has 1 aliphatic rings. The third-order valence-corrected chi connectivity index (χ3v) is 3.59. The van der Waals surface area contributed by atoms with E-state index in [1.165, 1.54) is 17.0 Å². The van der Waals surface area contributed by atoms with Crippen molar-refractivity contribution in [2.45, 2.75) is 25.1 Å². The Hall–Kier alpha value is -1.76. The van der Waals surface area contributed by atoms with Crippen LogP contribution in [0.5, 0.6) is 0 Å². The molecule has 2 amide bonds. The Balaban J connectivity index is 1.93. The summed E-state index contributed by atoms with van der Waals surface area (Å²) >= 11 is 0. The number of nitrogens with zero attached hydrogens (tertiary/aromatic N) is 1. The van der Waals surface area contributed by atoms with Gasteiger partial charge in [-0.25, -0.2) is 4.79 Å². The molecule has 2 rings (SSSR count). The summed E-state index contributed by atoms with van der Waals surface area (Å²) in [7, 11) is 1.62. The summed E-state index contributed by atoms with van der Waals surface area (Å²) in [5.41, 5.74) is 5.02. The first-order valence-electron chi connectivity index (χ1n) is 6.70. The number of hydrogen-bond acceptors (Lipinski definition) is 2. The fourth-order valence-corrected chi connectivity index (χ4v) is 2.40. The molecule has 0 atom stereocenters. The number of nitrogens with one attached hydrogen (secondary N) is 1. The average Bonchev–Trinajstić information content (AvgIpc) is 2.36. The maximum absolute atomic E-state index is 12.6. The summed E-state index contributed by atoms with van der Waals surface area (Å²) in [5.74, 6) is 0.372. The van der Waals surface area contributed by atoms with Crippen molar-refractivity contribution >= 4 is 11.7 Å². The van der Waals surface area contributed by atoms with Crippen LogP contribution in [-0.4, -0.2) is 30.6 Å². The second-order valence-corrected chi connectivity index (χ2v) is 5.49. The number of benzene rings is 1. The minimum atomic E-state index is -4.42. The number of urea groups is 1. The number of carbonyl (C=O) groups is 1. The Kier molecular flexibility index (Phi) is 4.41. The highest BCUT2D eigenvalue weighted by Gasteiger charge is 2.31. The van der Waals surface area contributed by atoms with Gasteiger partial charge in [0.15, 0.2) is 0 Å². The standard InChI is InChI=1S/C14H18F3N3O/c1-20(8-9-5-11(18)6-9)13(21)19-12-4-2-3-10(7-12)14(15,16)17/h2-4,7,9,11H,5-6,8,18H2,1H3,(H,19,21). The molecule has 21 heavy (non-hydrogen) atoms. The fourth-order valence-electron chi connectivity index (χ4n) is 2.40. The van der Waals surface area contributed by atoms with E-state index in [4.69, 9.17) is 5.73 Å². The van der Waals surface area contributed by atoms with E-state index in [-0.39, 0.29) is 11.7 Å². The number of alkyl halides is 3. The molecular formula is C14H18F3N3O. The van der Waals surface area contributed by atoms with Gasteiger partial charge in [0.2, 0.25) is 0 Å². The second-order valence-electron chi connectivity index (χ2n) is 5.49. The Morgan fingerprint density at radius 2 is 2.10 bits per heavy atom. The molecule has 0 saturated heterocycles. The monoisotopic (exact) mass is 301 g/mol. The lowest BCUT2D eigenvalue weighted by Gasteiger charge is -2.35. The van der Waals surface area contributed by atoms with Crippen LogP contribution in [0.15, 0.2) is 24.3 Å². The Morgan fingerprint density at radius 1 is 1.43 bits per heavy atom. The van der Waals surface area contributed by atoms with Crippen molar-refractivity contribution in [1.82, 2.24) is 4.90 Å².